The van der Waals surface area contributed by atoms with Crippen LogP contribution in [0, 0.1) is 6.92 Å². The summed E-state index contributed by atoms with van der Waals surface area (Å²) in [5, 5.41) is 11.0. The van der Waals surface area contributed by atoms with Crippen molar-refractivity contribution in [3.8, 4) is 0 Å². The molecule has 16 heavy (non-hydrogen) atoms. The number of nitrogens with one attached hydrogen (secondary N) is 1. The van der Waals surface area contributed by atoms with Crippen molar-refractivity contribution in [2.24, 2.45) is 0 Å². The van der Waals surface area contributed by atoms with Crippen LogP contribution in [0.1, 0.15) is 32.0 Å². The summed E-state index contributed by atoms with van der Waals surface area (Å²) in [5.41, 5.74) is 1.44. The van der Waals surface area contributed by atoms with E-state index in [1.807, 2.05) is 27.7 Å². The second-order valence-electron chi connectivity index (χ2n) is 4.81. The Labute approximate surface area is 101 Å². The van der Waals surface area contributed by atoms with Gasteiger partial charge in [-0.2, -0.15) is 4.52 Å². The predicted octanol–water partition coefficient (Wildman–Crippen LogP) is 1.79. The van der Waals surface area contributed by atoms with Crippen molar-refractivity contribution in [2.45, 2.75) is 33.1 Å². The molecule has 2 heterocycles. The zero-order chi connectivity index (χ0) is 12.1. The highest BCUT2D eigenvalue weighted by Crippen LogP contribution is 2.19. The van der Waals surface area contributed by atoms with E-state index < -0.39 is 0 Å². The molecule has 2 rings (SSSR count). The quantitative estimate of drug-likeness (QED) is 0.802. The summed E-state index contributed by atoms with van der Waals surface area (Å²) in [6.45, 7) is 7.70. The van der Waals surface area contributed by atoms with Crippen LogP contribution in [0.25, 0.3) is 5.65 Å². The van der Waals surface area contributed by atoms with Crippen LogP contribution < -0.4 is 5.56 Å². The molecule has 0 amide bonds. The van der Waals surface area contributed by atoms with Crippen molar-refractivity contribution in [2.75, 3.05) is 0 Å². The van der Waals surface area contributed by atoms with Gasteiger partial charge in [0.2, 0.25) is 0 Å². The molecular formula is C10H13BrN4O. The lowest BCUT2D eigenvalue weighted by Gasteiger charge is -2.15. The largest absolute Gasteiger partial charge is 0.295 e. The maximum Gasteiger partial charge on any atom is 0.295 e. The molecule has 0 atom stereocenters. The normalized spacial score (nSPS) is 12.3. The molecule has 2 aromatic heterocycles. The van der Waals surface area contributed by atoms with Crippen LogP contribution in [0.15, 0.2) is 9.40 Å². The van der Waals surface area contributed by atoms with E-state index in [1.54, 1.807) is 0 Å². The Hall–Kier alpha value is -1.17. The van der Waals surface area contributed by atoms with Crippen molar-refractivity contribution < 1.29 is 0 Å². The van der Waals surface area contributed by atoms with E-state index in [1.165, 1.54) is 4.52 Å². The van der Waals surface area contributed by atoms with Gasteiger partial charge < -0.3 is 0 Å². The van der Waals surface area contributed by atoms with Gasteiger partial charge in [-0.15, -0.1) is 10.2 Å². The summed E-state index contributed by atoms with van der Waals surface area (Å²) in [4.78, 5) is 12.1. The highest BCUT2D eigenvalue weighted by molar-refractivity contribution is 9.10. The zero-order valence-corrected chi connectivity index (χ0v) is 11.2. The number of aromatic nitrogens is 4. The molecule has 0 aliphatic heterocycles. The molecule has 0 saturated carbocycles. The molecule has 0 spiro atoms. The van der Waals surface area contributed by atoms with Gasteiger partial charge in [0, 0.05) is 11.0 Å². The molecule has 0 radical (unpaired) electrons. The van der Waals surface area contributed by atoms with Gasteiger partial charge >= 0.3 is 0 Å². The van der Waals surface area contributed by atoms with Crippen LogP contribution in [-0.4, -0.2) is 19.8 Å². The third kappa shape index (κ3) is 1.57. The summed E-state index contributed by atoms with van der Waals surface area (Å²) in [7, 11) is 0. The zero-order valence-electron chi connectivity index (χ0n) is 9.63. The number of hydrogen-bond donors (Lipinski definition) is 1. The number of rotatable bonds is 0. The first-order valence-corrected chi connectivity index (χ1v) is 5.75. The fourth-order valence-electron chi connectivity index (χ4n) is 1.48. The van der Waals surface area contributed by atoms with Gasteiger partial charge in [-0.05, 0) is 22.9 Å². The van der Waals surface area contributed by atoms with Crippen LogP contribution >= 0.6 is 15.9 Å². The van der Waals surface area contributed by atoms with E-state index in [9.17, 15) is 4.79 Å². The monoisotopic (exact) mass is 284 g/mol. The number of aryl methyl sites for hydroxylation is 1. The lowest BCUT2D eigenvalue weighted by atomic mass is 9.93. The molecule has 0 aliphatic carbocycles. The molecule has 0 aliphatic rings. The van der Waals surface area contributed by atoms with E-state index in [4.69, 9.17) is 0 Å². The topological polar surface area (TPSA) is 63.0 Å². The van der Waals surface area contributed by atoms with Gasteiger partial charge in [0.15, 0.2) is 5.65 Å². The lowest BCUT2D eigenvalue weighted by Crippen LogP contribution is -2.30. The Morgan fingerprint density at radius 2 is 1.94 bits per heavy atom. The molecule has 0 unspecified atom stereocenters. The van der Waals surface area contributed by atoms with Crippen LogP contribution in [0.3, 0.4) is 0 Å². The minimum atomic E-state index is -0.309. The van der Waals surface area contributed by atoms with Crippen LogP contribution in [0.2, 0.25) is 0 Å². The number of hydrogen-bond acceptors (Lipinski definition) is 3. The lowest BCUT2D eigenvalue weighted by molar-refractivity contribution is 0.542. The molecule has 1 N–H and O–H groups in total. The smallest absolute Gasteiger partial charge is 0.282 e. The van der Waals surface area contributed by atoms with E-state index in [-0.39, 0.29) is 11.0 Å². The minimum Gasteiger partial charge on any atom is -0.282 e. The van der Waals surface area contributed by atoms with Crippen molar-refractivity contribution in [3.63, 3.8) is 0 Å². The highest BCUT2D eigenvalue weighted by atomic mass is 79.9. The van der Waals surface area contributed by atoms with E-state index in [2.05, 4.69) is 31.2 Å². The number of fused-ring (bicyclic) bond motifs is 1. The van der Waals surface area contributed by atoms with Crippen LogP contribution in [0.5, 0.6) is 0 Å². The second-order valence-corrected chi connectivity index (χ2v) is 5.61. The fourth-order valence-corrected chi connectivity index (χ4v) is 1.84. The summed E-state index contributed by atoms with van der Waals surface area (Å²) >= 11 is 3.33. The third-order valence-corrected chi connectivity index (χ3v) is 3.22. The van der Waals surface area contributed by atoms with E-state index >= 15 is 0 Å². The Balaban J connectivity index is 2.86. The van der Waals surface area contributed by atoms with Gasteiger partial charge in [-0.1, -0.05) is 20.8 Å². The molecule has 86 valence electrons. The summed E-state index contributed by atoms with van der Waals surface area (Å²) in [6, 6.07) is 0. The van der Waals surface area contributed by atoms with Crippen molar-refractivity contribution in [3.05, 3.63) is 26.2 Å². The van der Waals surface area contributed by atoms with Crippen LogP contribution in [-0.2, 0) is 5.41 Å². The highest BCUT2D eigenvalue weighted by Gasteiger charge is 2.22. The Bertz CT molecular complexity index is 606. The summed E-state index contributed by atoms with van der Waals surface area (Å²) in [5.74, 6) is 0. The Kier molecular flexibility index (Phi) is 2.41. The molecule has 0 saturated heterocycles. The standard InChI is InChI=1S/C10H13BrN4O/c1-5-7(11)14-15-8(5)13-12-6(9(15)16)10(2,3)4/h14H,1-4H3. The number of aromatic amines is 1. The van der Waals surface area contributed by atoms with Gasteiger partial charge in [-0.3, -0.25) is 9.89 Å². The first-order valence-electron chi connectivity index (χ1n) is 4.96. The maximum absolute atomic E-state index is 12.1. The van der Waals surface area contributed by atoms with Gasteiger partial charge in [0.25, 0.3) is 5.56 Å². The number of nitrogens with zero attached hydrogens (tertiary/aromatic N) is 3. The molecule has 5 nitrogen and oxygen atoms in total. The van der Waals surface area contributed by atoms with Crippen molar-refractivity contribution in [1.82, 2.24) is 19.8 Å². The minimum absolute atomic E-state index is 0.147. The van der Waals surface area contributed by atoms with Gasteiger partial charge in [0.05, 0.1) is 0 Å². The Morgan fingerprint density at radius 3 is 2.50 bits per heavy atom. The molecule has 0 bridgehead atoms. The second kappa shape index (κ2) is 3.41. The fraction of sp³-hybridized carbons (Fsp3) is 0.500. The van der Waals surface area contributed by atoms with Gasteiger partial charge in [-0.25, -0.2) is 0 Å². The third-order valence-electron chi connectivity index (χ3n) is 2.45. The SMILES string of the molecule is Cc1c(Br)[nH]n2c(=O)c(C(C)(C)C)nnc12. The van der Waals surface area contributed by atoms with Crippen molar-refractivity contribution >= 4 is 21.6 Å². The average Bonchev–Trinajstić information content (AvgIpc) is 2.44. The molecule has 2 aromatic rings. The first kappa shape index (κ1) is 11.3. The molecule has 0 fully saturated rings. The van der Waals surface area contributed by atoms with Gasteiger partial charge in [0.1, 0.15) is 10.3 Å². The molecular weight excluding hydrogens is 272 g/mol. The Morgan fingerprint density at radius 1 is 1.31 bits per heavy atom. The average molecular weight is 285 g/mol. The van der Waals surface area contributed by atoms with E-state index in [0.29, 0.717) is 11.3 Å². The van der Waals surface area contributed by atoms with Crippen LogP contribution in [0.4, 0.5) is 0 Å². The summed E-state index contributed by atoms with van der Waals surface area (Å²) < 4.78 is 2.18. The predicted molar refractivity (Wildman–Crippen MR) is 64.7 cm³/mol. The van der Waals surface area contributed by atoms with Crippen molar-refractivity contribution in [1.29, 1.82) is 0 Å². The maximum atomic E-state index is 12.1. The number of halogens is 1. The summed E-state index contributed by atoms with van der Waals surface area (Å²) in [6.07, 6.45) is 0. The first-order chi connectivity index (χ1) is 7.32. The molecule has 0 aromatic carbocycles. The molecule has 6 heteroatoms. The van der Waals surface area contributed by atoms with E-state index in [0.717, 1.165) is 10.2 Å². The number of H-pyrrole nitrogens is 1.